The van der Waals surface area contributed by atoms with Crippen LogP contribution in [0.3, 0.4) is 0 Å². The molecule has 4 nitrogen and oxygen atoms in total. The first-order chi connectivity index (χ1) is 11.9. The summed E-state index contributed by atoms with van der Waals surface area (Å²) in [6.45, 7) is 8.40. The highest BCUT2D eigenvalue weighted by Gasteiger charge is 2.46. The average Bonchev–Trinajstić information content (AvgIpc) is 2.58. The van der Waals surface area contributed by atoms with Crippen molar-refractivity contribution in [3.05, 3.63) is 28.8 Å². The van der Waals surface area contributed by atoms with Gasteiger partial charge in [-0.05, 0) is 70.9 Å². The summed E-state index contributed by atoms with van der Waals surface area (Å²) in [5, 5.41) is 10.7. The molecule has 2 aliphatic heterocycles. The third-order valence-corrected chi connectivity index (χ3v) is 6.16. The lowest BCUT2D eigenvalue weighted by molar-refractivity contribution is -0.0684. The number of aliphatic hydroxyl groups is 1. The Hall–Kier alpha value is -0.810. The van der Waals surface area contributed by atoms with E-state index in [1.807, 2.05) is 26.0 Å². The van der Waals surface area contributed by atoms with Crippen molar-refractivity contribution in [1.82, 2.24) is 9.80 Å². The van der Waals surface area contributed by atoms with E-state index in [0.29, 0.717) is 17.7 Å². The van der Waals surface area contributed by atoms with Crippen LogP contribution in [0.2, 0.25) is 5.02 Å². The quantitative estimate of drug-likeness (QED) is 0.866. The summed E-state index contributed by atoms with van der Waals surface area (Å²) in [6, 6.07) is 6.56. The smallest absolute Gasteiger partial charge is 0.138 e. The summed E-state index contributed by atoms with van der Waals surface area (Å²) in [4.78, 5) is 4.94. The molecular formula is C20H31ClN2O2. The number of hydrogen-bond donors (Lipinski definition) is 1. The second-order valence-corrected chi connectivity index (χ2v) is 8.44. The predicted molar refractivity (Wildman–Crippen MR) is 102 cm³/mol. The number of halogens is 1. The predicted octanol–water partition coefficient (Wildman–Crippen LogP) is 3.41. The second-order valence-electron chi connectivity index (χ2n) is 8.04. The Morgan fingerprint density at radius 3 is 2.80 bits per heavy atom. The van der Waals surface area contributed by atoms with Crippen LogP contribution in [0.25, 0.3) is 0 Å². The lowest BCUT2D eigenvalue weighted by Gasteiger charge is -2.53. The number of likely N-dealkylation sites (tertiary alicyclic amines) is 2. The maximum Gasteiger partial charge on any atom is 0.138 e. The van der Waals surface area contributed by atoms with Gasteiger partial charge in [0.25, 0.3) is 0 Å². The van der Waals surface area contributed by atoms with Gasteiger partial charge in [-0.15, -0.1) is 0 Å². The number of benzene rings is 1. The number of likely N-dealkylation sites (N-methyl/N-ethyl adjacent to an activating group) is 1. The molecule has 0 bridgehead atoms. The minimum Gasteiger partial charge on any atom is -0.489 e. The minimum atomic E-state index is 0.0934. The van der Waals surface area contributed by atoms with Gasteiger partial charge in [0.15, 0.2) is 0 Å². The summed E-state index contributed by atoms with van der Waals surface area (Å²) in [5.41, 5.74) is 1.31. The summed E-state index contributed by atoms with van der Waals surface area (Å²) >= 11 is 6.38. The molecule has 0 saturated carbocycles. The van der Waals surface area contributed by atoms with Crippen LogP contribution >= 0.6 is 11.6 Å². The van der Waals surface area contributed by atoms with E-state index >= 15 is 0 Å². The van der Waals surface area contributed by atoms with E-state index in [1.54, 1.807) is 0 Å². The number of aliphatic hydroxyl groups excluding tert-OH is 1. The summed E-state index contributed by atoms with van der Waals surface area (Å²) in [7, 11) is 2.20. The van der Waals surface area contributed by atoms with Gasteiger partial charge in [0.2, 0.25) is 0 Å². The Morgan fingerprint density at radius 1 is 1.32 bits per heavy atom. The molecule has 3 rings (SSSR count). The fourth-order valence-electron chi connectivity index (χ4n) is 4.47. The van der Waals surface area contributed by atoms with E-state index in [2.05, 4.69) is 22.9 Å². The zero-order valence-electron chi connectivity index (χ0n) is 15.7. The number of rotatable bonds is 5. The van der Waals surface area contributed by atoms with Crippen LogP contribution < -0.4 is 4.74 Å². The lowest BCUT2D eigenvalue weighted by Crippen LogP contribution is -2.61. The molecule has 140 valence electrons. The van der Waals surface area contributed by atoms with Crippen molar-refractivity contribution in [1.29, 1.82) is 0 Å². The molecule has 0 aliphatic carbocycles. The first-order valence-electron chi connectivity index (χ1n) is 9.42. The maximum atomic E-state index is 10.0. The Labute approximate surface area is 156 Å². The SMILES string of the molecule is CC(C)Oc1ccc(CN2CC[C@@]3(CO)CCCN(C)[C@@H]3C2)cc1Cl. The normalized spacial score (nSPS) is 28.2. The van der Waals surface area contributed by atoms with Crippen molar-refractivity contribution in [2.75, 3.05) is 33.3 Å². The number of hydrogen-bond acceptors (Lipinski definition) is 4. The van der Waals surface area contributed by atoms with Gasteiger partial charge < -0.3 is 14.7 Å². The first-order valence-corrected chi connectivity index (χ1v) is 9.80. The summed E-state index contributed by atoms with van der Waals surface area (Å²) in [5.74, 6) is 0.755. The van der Waals surface area contributed by atoms with Gasteiger partial charge in [-0.1, -0.05) is 17.7 Å². The van der Waals surface area contributed by atoms with Crippen LogP contribution in [0.4, 0.5) is 0 Å². The molecule has 25 heavy (non-hydrogen) atoms. The molecule has 0 spiro atoms. The highest BCUT2D eigenvalue weighted by atomic mass is 35.5. The molecule has 2 heterocycles. The molecule has 0 radical (unpaired) electrons. The van der Waals surface area contributed by atoms with Crippen molar-refractivity contribution in [3.63, 3.8) is 0 Å². The van der Waals surface area contributed by atoms with E-state index in [1.165, 1.54) is 12.0 Å². The van der Waals surface area contributed by atoms with Crippen LogP contribution in [-0.2, 0) is 6.54 Å². The van der Waals surface area contributed by atoms with Gasteiger partial charge in [0.05, 0.1) is 17.7 Å². The Morgan fingerprint density at radius 2 is 2.12 bits per heavy atom. The molecule has 2 fully saturated rings. The molecule has 0 aromatic heterocycles. The molecule has 0 amide bonds. The molecule has 5 heteroatoms. The standard InChI is InChI=1S/C20H31ClN2O2/c1-15(2)25-18-6-5-16(11-17(18)21)12-23-10-8-20(14-24)7-4-9-22(3)19(20)13-23/h5-6,11,15,19,24H,4,7-10,12-14H2,1-3H3/t19-,20-/m1/s1. The monoisotopic (exact) mass is 366 g/mol. The zero-order chi connectivity index (χ0) is 18.0. The van der Waals surface area contributed by atoms with Crippen molar-refractivity contribution < 1.29 is 9.84 Å². The fourth-order valence-corrected chi connectivity index (χ4v) is 4.72. The molecule has 1 aromatic carbocycles. The molecule has 1 N–H and O–H groups in total. The van der Waals surface area contributed by atoms with Gasteiger partial charge in [-0.3, -0.25) is 4.90 Å². The Bertz CT molecular complexity index is 595. The lowest BCUT2D eigenvalue weighted by atomic mass is 9.69. The van der Waals surface area contributed by atoms with Gasteiger partial charge in [0.1, 0.15) is 5.75 Å². The second kappa shape index (κ2) is 7.83. The van der Waals surface area contributed by atoms with Gasteiger partial charge in [-0.2, -0.15) is 0 Å². The molecule has 2 atom stereocenters. The molecule has 2 aliphatic rings. The van der Waals surface area contributed by atoms with E-state index in [0.717, 1.165) is 44.8 Å². The first kappa shape index (κ1) is 19.0. The third-order valence-electron chi connectivity index (χ3n) is 5.86. The largest absolute Gasteiger partial charge is 0.489 e. The molecule has 2 saturated heterocycles. The van der Waals surface area contributed by atoms with Crippen LogP contribution in [0, 0.1) is 5.41 Å². The third kappa shape index (κ3) is 4.13. The van der Waals surface area contributed by atoms with E-state index in [9.17, 15) is 5.11 Å². The van der Waals surface area contributed by atoms with Crippen LogP contribution in [0.15, 0.2) is 18.2 Å². The van der Waals surface area contributed by atoms with Gasteiger partial charge in [-0.25, -0.2) is 0 Å². The topological polar surface area (TPSA) is 35.9 Å². The van der Waals surface area contributed by atoms with E-state index in [4.69, 9.17) is 16.3 Å². The maximum absolute atomic E-state index is 10.0. The van der Waals surface area contributed by atoms with Gasteiger partial charge in [0, 0.05) is 24.5 Å². The van der Waals surface area contributed by atoms with Crippen LogP contribution in [0.5, 0.6) is 5.75 Å². The Balaban J connectivity index is 1.67. The summed E-state index contributed by atoms with van der Waals surface area (Å²) < 4.78 is 5.72. The number of fused-ring (bicyclic) bond motifs is 1. The molecule has 1 aromatic rings. The molecular weight excluding hydrogens is 336 g/mol. The zero-order valence-corrected chi connectivity index (χ0v) is 16.4. The average molecular weight is 367 g/mol. The summed E-state index contributed by atoms with van der Waals surface area (Å²) in [6.07, 6.45) is 3.54. The van der Waals surface area contributed by atoms with Crippen molar-refractivity contribution in [3.8, 4) is 5.75 Å². The van der Waals surface area contributed by atoms with Crippen molar-refractivity contribution in [2.24, 2.45) is 5.41 Å². The fraction of sp³-hybridized carbons (Fsp3) is 0.700. The molecule has 0 unspecified atom stereocenters. The van der Waals surface area contributed by atoms with E-state index in [-0.39, 0.29) is 11.5 Å². The van der Waals surface area contributed by atoms with E-state index < -0.39 is 0 Å². The van der Waals surface area contributed by atoms with Crippen LogP contribution in [0.1, 0.15) is 38.7 Å². The Kier molecular flexibility index (Phi) is 5.94. The van der Waals surface area contributed by atoms with Crippen molar-refractivity contribution >= 4 is 11.6 Å². The highest BCUT2D eigenvalue weighted by molar-refractivity contribution is 6.32. The van der Waals surface area contributed by atoms with Crippen molar-refractivity contribution in [2.45, 2.75) is 51.8 Å². The van der Waals surface area contributed by atoms with Crippen LogP contribution in [-0.4, -0.2) is 60.3 Å². The number of ether oxygens (including phenoxy) is 1. The highest BCUT2D eigenvalue weighted by Crippen LogP contribution is 2.41. The van der Waals surface area contributed by atoms with Gasteiger partial charge >= 0.3 is 0 Å². The minimum absolute atomic E-state index is 0.0934. The number of piperidine rings is 2. The number of nitrogens with zero attached hydrogens (tertiary/aromatic N) is 2.